The van der Waals surface area contributed by atoms with Gasteiger partial charge in [-0.25, -0.2) is 8.42 Å². The van der Waals surface area contributed by atoms with Gasteiger partial charge in [0.1, 0.15) is 11.8 Å². The number of benzene rings is 2. The van der Waals surface area contributed by atoms with E-state index in [1.807, 2.05) is 6.07 Å². The molecule has 0 aromatic heterocycles. The van der Waals surface area contributed by atoms with Crippen LogP contribution in [0.5, 0.6) is 5.75 Å². The van der Waals surface area contributed by atoms with Crippen molar-refractivity contribution < 1.29 is 22.7 Å². The average Bonchev–Trinajstić information content (AvgIpc) is 2.78. The van der Waals surface area contributed by atoms with E-state index in [-0.39, 0.29) is 48.3 Å². The van der Waals surface area contributed by atoms with Gasteiger partial charge in [-0.3, -0.25) is 9.59 Å². The Bertz CT molecular complexity index is 1130. The molecule has 0 radical (unpaired) electrons. The lowest BCUT2D eigenvalue weighted by molar-refractivity contribution is -0.139. The summed E-state index contributed by atoms with van der Waals surface area (Å²) in [6, 6.07) is 14.6. The Balaban J connectivity index is 1.64. The maximum absolute atomic E-state index is 12.9. The highest BCUT2D eigenvalue weighted by Gasteiger charge is 2.33. The van der Waals surface area contributed by atoms with Crippen LogP contribution in [0.15, 0.2) is 53.4 Å². The number of hydrogen-bond acceptors (Lipinski definition) is 6. The number of nitriles is 1. The summed E-state index contributed by atoms with van der Waals surface area (Å²) >= 11 is 0. The summed E-state index contributed by atoms with van der Waals surface area (Å²) in [7, 11) is -3.83. The molecule has 1 aliphatic heterocycles. The van der Waals surface area contributed by atoms with E-state index < -0.39 is 16.1 Å². The summed E-state index contributed by atoms with van der Waals surface area (Å²) in [5.74, 6) is 0.0605. The topological polar surface area (TPSA) is 108 Å². The largest absolute Gasteiger partial charge is 0.481 e. The molecule has 162 valence electrons. The van der Waals surface area contributed by atoms with Crippen molar-refractivity contribution in [1.82, 2.24) is 9.21 Å². The third kappa shape index (κ3) is 4.93. The highest BCUT2D eigenvalue weighted by atomic mass is 32.2. The normalized spacial score (nSPS) is 15.7. The van der Waals surface area contributed by atoms with Crippen molar-refractivity contribution in [3.05, 3.63) is 59.7 Å². The minimum Gasteiger partial charge on any atom is -0.481 e. The van der Waals surface area contributed by atoms with E-state index in [1.165, 1.54) is 23.4 Å². The quantitative estimate of drug-likeness (QED) is 0.635. The van der Waals surface area contributed by atoms with Crippen LogP contribution in [-0.2, 0) is 14.8 Å². The second kappa shape index (κ2) is 9.29. The Labute approximate surface area is 181 Å². The molecule has 0 saturated carbocycles. The second-order valence-electron chi connectivity index (χ2n) is 7.18. The SMILES string of the molecule is CC(=O)c1cccc(OC(C)C(=O)N2CCN(S(=O)(=O)c3ccccc3C#N)CC2)c1. The number of amides is 1. The molecule has 1 atom stereocenters. The highest BCUT2D eigenvalue weighted by Crippen LogP contribution is 2.22. The summed E-state index contributed by atoms with van der Waals surface area (Å²) < 4.78 is 32.8. The molecule has 8 nitrogen and oxygen atoms in total. The van der Waals surface area contributed by atoms with Crippen molar-refractivity contribution in [1.29, 1.82) is 5.26 Å². The Hall–Kier alpha value is -3.22. The van der Waals surface area contributed by atoms with E-state index in [0.29, 0.717) is 11.3 Å². The summed E-state index contributed by atoms with van der Waals surface area (Å²) in [6.07, 6.45) is -0.787. The lowest BCUT2D eigenvalue weighted by Crippen LogP contribution is -2.53. The fraction of sp³-hybridized carbons (Fsp3) is 0.318. The van der Waals surface area contributed by atoms with E-state index >= 15 is 0 Å². The van der Waals surface area contributed by atoms with Crippen LogP contribution in [0.1, 0.15) is 29.8 Å². The molecule has 31 heavy (non-hydrogen) atoms. The number of Topliss-reactive ketones (excluding diaryl/α,β-unsaturated/α-hetero) is 1. The lowest BCUT2D eigenvalue weighted by Gasteiger charge is -2.35. The zero-order chi connectivity index (χ0) is 22.6. The van der Waals surface area contributed by atoms with Gasteiger partial charge in [0.05, 0.1) is 10.5 Å². The number of hydrogen-bond donors (Lipinski definition) is 0. The molecule has 1 amide bonds. The molecule has 0 N–H and O–H groups in total. The predicted octanol–water partition coefficient (Wildman–Crippen LogP) is 2.06. The molecule has 3 rings (SSSR count). The number of sulfonamides is 1. The summed E-state index contributed by atoms with van der Waals surface area (Å²) in [4.78, 5) is 25.8. The first kappa shape index (κ1) is 22.5. The molecule has 1 unspecified atom stereocenters. The first-order valence-electron chi connectivity index (χ1n) is 9.79. The number of carbonyl (C=O) groups is 2. The van der Waals surface area contributed by atoms with Gasteiger partial charge in [-0.05, 0) is 38.1 Å². The Morgan fingerprint density at radius 1 is 1.06 bits per heavy atom. The summed E-state index contributed by atoms with van der Waals surface area (Å²) in [6.45, 7) is 3.76. The van der Waals surface area contributed by atoms with Gasteiger partial charge in [-0.2, -0.15) is 9.57 Å². The smallest absolute Gasteiger partial charge is 0.263 e. The molecule has 0 spiro atoms. The van der Waals surface area contributed by atoms with Gasteiger partial charge in [-0.15, -0.1) is 0 Å². The molecule has 2 aromatic carbocycles. The minimum atomic E-state index is -3.83. The molecule has 0 bridgehead atoms. The zero-order valence-corrected chi connectivity index (χ0v) is 18.1. The summed E-state index contributed by atoms with van der Waals surface area (Å²) in [5.41, 5.74) is 0.587. The number of piperazine rings is 1. The van der Waals surface area contributed by atoms with E-state index in [9.17, 15) is 23.3 Å². The van der Waals surface area contributed by atoms with Gasteiger partial charge in [-0.1, -0.05) is 24.3 Å². The first-order chi connectivity index (χ1) is 14.7. The van der Waals surface area contributed by atoms with Crippen LogP contribution in [0.4, 0.5) is 0 Å². The Kier molecular flexibility index (Phi) is 6.73. The molecular weight excluding hydrogens is 418 g/mol. The van der Waals surface area contributed by atoms with Crippen molar-refractivity contribution in [2.75, 3.05) is 26.2 Å². The van der Waals surface area contributed by atoms with Gasteiger partial charge in [0.25, 0.3) is 5.91 Å². The Morgan fingerprint density at radius 2 is 1.74 bits per heavy atom. The molecule has 1 fully saturated rings. The van der Waals surface area contributed by atoms with Gasteiger partial charge in [0.15, 0.2) is 11.9 Å². The number of nitrogens with zero attached hydrogens (tertiary/aromatic N) is 3. The molecular formula is C22H23N3O5S. The monoisotopic (exact) mass is 441 g/mol. The predicted molar refractivity (Wildman–Crippen MR) is 113 cm³/mol. The average molecular weight is 442 g/mol. The van der Waals surface area contributed by atoms with E-state index in [4.69, 9.17) is 4.74 Å². The first-order valence-corrected chi connectivity index (χ1v) is 11.2. The van der Waals surface area contributed by atoms with Crippen LogP contribution >= 0.6 is 0 Å². The van der Waals surface area contributed by atoms with Crippen LogP contribution in [0, 0.1) is 11.3 Å². The Morgan fingerprint density at radius 3 is 2.39 bits per heavy atom. The van der Waals surface area contributed by atoms with Gasteiger partial charge >= 0.3 is 0 Å². The molecule has 1 saturated heterocycles. The minimum absolute atomic E-state index is 0.0284. The van der Waals surface area contributed by atoms with Crippen LogP contribution < -0.4 is 4.74 Å². The third-order valence-corrected chi connectivity index (χ3v) is 7.03. The van der Waals surface area contributed by atoms with Crippen molar-refractivity contribution >= 4 is 21.7 Å². The molecule has 9 heteroatoms. The molecule has 2 aromatic rings. The number of ether oxygens (including phenoxy) is 1. The molecule has 1 aliphatic rings. The van der Waals surface area contributed by atoms with Gasteiger partial charge in [0.2, 0.25) is 10.0 Å². The fourth-order valence-electron chi connectivity index (χ4n) is 3.37. The van der Waals surface area contributed by atoms with Gasteiger partial charge < -0.3 is 9.64 Å². The van der Waals surface area contributed by atoms with E-state index in [2.05, 4.69) is 0 Å². The van der Waals surface area contributed by atoms with Crippen molar-refractivity contribution in [2.45, 2.75) is 24.8 Å². The van der Waals surface area contributed by atoms with Crippen molar-refractivity contribution in [3.8, 4) is 11.8 Å². The number of rotatable bonds is 6. The van der Waals surface area contributed by atoms with Crippen molar-refractivity contribution in [3.63, 3.8) is 0 Å². The molecule has 0 aliphatic carbocycles. The fourth-order valence-corrected chi connectivity index (χ4v) is 4.94. The number of ketones is 1. The van der Waals surface area contributed by atoms with Crippen LogP contribution in [0.3, 0.4) is 0 Å². The lowest BCUT2D eigenvalue weighted by atomic mass is 10.1. The molecule has 1 heterocycles. The van der Waals surface area contributed by atoms with Crippen molar-refractivity contribution in [2.24, 2.45) is 0 Å². The number of carbonyl (C=O) groups excluding carboxylic acids is 2. The standard InChI is InChI=1S/C22H23N3O5S/c1-16(26)18-7-5-8-20(14-18)30-17(2)22(27)24-10-12-25(13-11-24)31(28,29)21-9-4-3-6-19(21)15-23/h3-9,14,17H,10-13H2,1-2H3. The second-order valence-corrected chi connectivity index (χ2v) is 9.09. The highest BCUT2D eigenvalue weighted by molar-refractivity contribution is 7.89. The maximum Gasteiger partial charge on any atom is 0.263 e. The van der Waals surface area contributed by atoms with Crippen LogP contribution in [-0.4, -0.2) is 61.6 Å². The van der Waals surface area contributed by atoms with Gasteiger partial charge in [0, 0.05) is 31.7 Å². The van der Waals surface area contributed by atoms with Crippen LogP contribution in [0.25, 0.3) is 0 Å². The summed E-state index contributed by atoms with van der Waals surface area (Å²) in [5, 5.41) is 9.21. The zero-order valence-electron chi connectivity index (χ0n) is 17.3. The van der Waals surface area contributed by atoms with E-state index in [1.54, 1.807) is 48.2 Å². The van der Waals surface area contributed by atoms with E-state index in [0.717, 1.165) is 0 Å². The third-order valence-electron chi connectivity index (χ3n) is 5.08. The maximum atomic E-state index is 12.9. The van der Waals surface area contributed by atoms with Crippen LogP contribution in [0.2, 0.25) is 0 Å².